The topological polar surface area (TPSA) is 55.4 Å². The summed E-state index contributed by atoms with van der Waals surface area (Å²) in [6.07, 6.45) is 3.08. The number of amides is 1. The Labute approximate surface area is 187 Å². The molecule has 1 unspecified atom stereocenters. The average Bonchev–Trinajstić information content (AvgIpc) is 3.48. The van der Waals surface area contributed by atoms with Gasteiger partial charge in [0.25, 0.3) is 0 Å². The van der Waals surface area contributed by atoms with E-state index in [0.717, 1.165) is 39.7 Å². The van der Waals surface area contributed by atoms with Gasteiger partial charge in [-0.15, -0.1) is 0 Å². The molecule has 5 heteroatoms. The summed E-state index contributed by atoms with van der Waals surface area (Å²) in [4.78, 5) is 25.2. The zero-order valence-electron chi connectivity index (χ0n) is 18.1. The van der Waals surface area contributed by atoms with Gasteiger partial charge in [0.2, 0.25) is 5.91 Å². The Morgan fingerprint density at radius 1 is 1.13 bits per heavy atom. The summed E-state index contributed by atoms with van der Waals surface area (Å²) >= 11 is 3.46. The first-order chi connectivity index (χ1) is 14.1. The number of esters is 1. The number of rotatable bonds is 7. The van der Waals surface area contributed by atoms with Gasteiger partial charge in [-0.3, -0.25) is 9.59 Å². The van der Waals surface area contributed by atoms with Crippen LogP contribution in [0, 0.1) is 12.8 Å². The molecule has 0 spiro atoms. The van der Waals surface area contributed by atoms with Crippen molar-refractivity contribution in [3.63, 3.8) is 0 Å². The number of halogens is 1. The van der Waals surface area contributed by atoms with Crippen LogP contribution in [0.3, 0.4) is 0 Å². The third kappa shape index (κ3) is 6.18. The van der Waals surface area contributed by atoms with Crippen molar-refractivity contribution in [3.8, 4) is 0 Å². The van der Waals surface area contributed by atoms with Crippen molar-refractivity contribution in [1.29, 1.82) is 0 Å². The van der Waals surface area contributed by atoms with Crippen LogP contribution in [0.15, 0.2) is 46.9 Å². The number of aryl methyl sites for hydroxylation is 1. The van der Waals surface area contributed by atoms with Gasteiger partial charge in [0, 0.05) is 16.6 Å². The minimum Gasteiger partial charge on any atom is -0.460 e. The van der Waals surface area contributed by atoms with Crippen molar-refractivity contribution < 1.29 is 14.3 Å². The molecule has 1 aliphatic rings. The number of hydrogen-bond acceptors (Lipinski definition) is 3. The second-order valence-corrected chi connectivity index (χ2v) is 9.95. The van der Waals surface area contributed by atoms with Gasteiger partial charge in [0.1, 0.15) is 5.60 Å². The minimum atomic E-state index is -0.479. The second-order valence-electron chi connectivity index (χ2n) is 9.03. The molecule has 0 aliphatic heterocycles. The van der Waals surface area contributed by atoms with Crippen molar-refractivity contribution in [2.24, 2.45) is 5.92 Å². The molecule has 30 heavy (non-hydrogen) atoms. The number of ether oxygens (including phenoxy) is 1. The molecule has 0 saturated heterocycles. The van der Waals surface area contributed by atoms with Crippen molar-refractivity contribution in [2.45, 2.75) is 64.9 Å². The number of anilines is 1. The summed E-state index contributed by atoms with van der Waals surface area (Å²) < 4.78 is 6.41. The third-order valence-corrected chi connectivity index (χ3v) is 5.86. The Morgan fingerprint density at radius 2 is 1.80 bits per heavy atom. The number of nitrogens with one attached hydrogen (secondary N) is 1. The van der Waals surface area contributed by atoms with Crippen LogP contribution in [-0.2, 0) is 20.7 Å². The molecule has 4 nitrogen and oxygen atoms in total. The summed E-state index contributed by atoms with van der Waals surface area (Å²) in [6, 6.07) is 13.9. The highest BCUT2D eigenvalue weighted by Gasteiger charge is 2.37. The van der Waals surface area contributed by atoms with E-state index < -0.39 is 5.60 Å². The molecule has 0 bridgehead atoms. The molecule has 0 radical (unpaired) electrons. The van der Waals surface area contributed by atoms with Crippen LogP contribution >= 0.6 is 15.9 Å². The van der Waals surface area contributed by atoms with Crippen LogP contribution in [0.2, 0.25) is 0 Å². The molecule has 1 saturated carbocycles. The zero-order valence-corrected chi connectivity index (χ0v) is 19.7. The highest BCUT2D eigenvalue weighted by Crippen LogP contribution is 2.43. The molecular weight excluding hydrogens is 442 g/mol. The Bertz CT molecular complexity index is 911. The highest BCUT2D eigenvalue weighted by molar-refractivity contribution is 9.10. The molecule has 0 heterocycles. The van der Waals surface area contributed by atoms with Gasteiger partial charge in [-0.25, -0.2) is 0 Å². The molecular formula is C25H30BrNO3. The average molecular weight is 472 g/mol. The van der Waals surface area contributed by atoms with Gasteiger partial charge < -0.3 is 10.1 Å². The van der Waals surface area contributed by atoms with Crippen LogP contribution in [0.5, 0.6) is 0 Å². The first-order valence-electron chi connectivity index (χ1n) is 10.5. The van der Waals surface area contributed by atoms with Gasteiger partial charge in [0.15, 0.2) is 0 Å². The maximum Gasteiger partial charge on any atom is 0.306 e. The SMILES string of the molecule is Cc1c(CCC(=O)OC(C)(C)C)cccc1NC(=O)C(c1ccc(Br)cc1)C1CC1. The number of carbonyl (C=O) groups excluding carboxylic acids is 2. The molecule has 1 aliphatic carbocycles. The smallest absolute Gasteiger partial charge is 0.306 e. The molecule has 3 rings (SSSR count). The summed E-state index contributed by atoms with van der Waals surface area (Å²) in [7, 11) is 0. The quantitative estimate of drug-likeness (QED) is 0.491. The molecule has 2 aromatic rings. The van der Waals surface area contributed by atoms with Crippen molar-refractivity contribution in [1.82, 2.24) is 0 Å². The standard InChI is InChI=1S/C25H30BrNO3/c1-16-17(12-15-22(28)30-25(2,3)4)6-5-7-21(16)27-24(29)23(18-8-9-18)19-10-13-20(26)14-11-19/h5-7,10-11,13-14,18,23H,8-9,12,15H2,1-4H3,(H,27,29). The molecule has 1 fully saturated rings. The summed E-state index contributed by atoms with van der Waals surface area (Å²) in [5.41, 5.74) is 3.43. The Balaban J connectivity index is 1.70. The summed E-state index contributed by atoms with van der Waals surface area (Å²) in [5.74, 6) is 0.0948. The Morgan fingerprint density at radius 3 is 2.40 bits per heavy atom. The number of carbonyl (C=O) groups is 2. The van der Waals surface area contributed by atoms with E-state index in [9.17, 15) is 9.59 Å². The largest absolute Gasteiger partial charge is 0.460 e. The van der Waals surface area contributed by atoms with E-state index in [1.165, 1.54) is 0 Å². The van der Waals surface area contributed by atoms with Crippen LogP contribution < -0.4 is 5.32 Å². The maximum absolute atomic E-state index is 13.2. The fraction of sp³-hybridized carbons (Fsp3) is 0.440. The first kappa shape index (κ1) is 22.5. The zero-order chi connectivity index (χ0) is 21.9. The van der Waals surface area contributed by atoms with E-state index in [2.05, 4.69) is 21.2 Å². The van der Waals surface area contributed by atoms with E-state index in [-0.39, 0.29) is 17.8 Å². The highest BCUT2D eigenvalue weighted by atomic mass is 79.9. The third-order valence-electron chi connectivity index (χ3n) is 5.33. The molecule has 1 N–H and O–H groups in total. The number of benzene rings is 2. The molecule has 160 valence electrons. The van der Waals surface area contributed by atoms with Gasteiger partial charge in [-0.2, -0.15) is 0 Å². The maximum atomic E-state index is 13.2. The lowest BCUT2D eigenvalue weighted by molar-refractivity contribution is -0.154. The predicted molar refractivity (Wildman–Crippen MR) is 124 cm³/mol. The predicted octanol–water partition coefficient (Wildman–Crippen LogP) is 6.16. The van der Waals surface area contributed by atoms with Gasteiger partial charge in [-0.1, -0.05) is 40.2 Å². The van der Waals surface area contributed by atoms with E-state index in [4.69, 9.17) is 4.74 Å². The van der Waals surface area contributed by atoms with Crippen molar-refractivity contribution >= 4 is 33.5 Å². The van der Waals surface area contributed by atoms with Gasteiger partial charge >= 0.3 is 5.97 Å². The summed E-state index contributed by atoms with van der Waals surface area (Å²) in [5, 5.41) is 3.14. The molecule has 2 aromatic carbocycles. The Kier molecular flexibility index (Phi) is 7.02. The second kappa shape index (κ2) is 9.34. The van der Waals surface area contributed by atoms with Crippen LogP contribution in [-0.4, -0.2) is 17.5 Å². The normalized spacial score (nSPS) is 14.8. The lowest BCUT2D eigenvalue weighted by Crippen LogP contribution is -2.24. The number of hydrogen-bond donors (Lipinski definition) is 1. The fourth-order valence-corrected chi connectivity index (χ4v) is 3.93. The lowest BCUT2D eigenvalue weighted by Gasteiger charge is -2.20. The van der Waals surface area contributed by atoms with Crippen molar-refractivity contribution in [2.75, 3.05) is 5.32 Å². The van der Waals surface area contributed by atoms with Crippen LogP contribution in [0.25, 0.3) is 0 Å². The van der Waals surface area contributed by atoms with Crippen LogP contribution in [0.4, 0.5) is 5.69 Å². The van der Waals surface area contributed by atoms with E-state index in [1.54, 1.807) is 0 Å². The van der Waals surface area contributed by atoms with E-state index in [1.807, 2.05) is 70.2 Å². The summed E-state index contributed by atoms with van der Waals surface area (Å²) in [6.45, 7) is 7.60. The fourth-order valence-electron chi connectivity index (χ4n) is 3.67. The monoisotopic (exact) mass is 471 g/mol. The van der Waals surface area contributed by atoms with Gasteiger partial charge in [-0.05, 0) is 87.8 Å². The first-order valence-corrected chi connectivity index (χ1v) is 11.3. The van der Waals surface area contributed by atoms with Crippen LogP contribution in [0.1, 0.15) is 62.6 Å². The minimum absolute atomic E-state index is 0.0345. The van der Waals surface area contributed by atoms with Crippen molar-refractivity contribution in [3.05, 3.63) is 63.6 Å². The Hall–Kier alpha value is -2.14. The molecule has 0 aromatic heterocycles. The molecule has 1 amide bonds. The molecule has 1 atom stereocenters. The van der Waals surface area contributed by atoms with Gasteiger partial charge in [0.05, 0.1) is 5.92 Å². The van der Waals surface area contributed by atoms with E-state index >= 15 is 0 Å². The lowest BCUT2D eigenvalue weighted by atomic mass is 9.93. The van der Waals surface area contributed by atoms with E-state index in [0.29, 0.717) is 18.8 Å².